The molecule has 2 rings (SSSR count). The number of nitrogens with zero attached hydrogens (tertiary/aromatic N) is 1. The van der Waals surface area contributed by atoms with E-state index in [0.29, 0.717) is 19.7 Å². The van der Waals surface area contributed by atoms with Crippen molar-refractivity contribution in [3.8, 4) is 0 Å². The van der Waals surface area contributed by atoms with Crippen LogP contribution in [0.25, 0.3) is 0 Å². The van der Waals surface area contributed by atoms with Crippen molar-refractivity contribution >= 4 is 11.9 Å². The van der Waals surface area contributed by atoms with Crippen molar-refractivity contribution in [3.05, 3.63) is 35.6 Å². The predicted molar refractivity (Wildman–Crippen MR) is 69.3 cm³/mol. The third-order valence-corrected chi connectivity index (χ3v) is 3.02. The van der Waals surface area contributed by atoms with E-state index >= 15 is 0 Å². The molecule has 0 bridgehead atoms. The van der Waals surface area contributed by atoms with Crippen LogP contribution in [-0.2, 0) is 9.53 Å². The first kappa shape index (κ1) is 14.4. The quantitative estimate of drug-likeness (QED) is 0.839. The molecule has 0 unspecified atom stereocenters. The van der Waals surface area contributed by atoms with Gasteiger partial charge >= 0.3 is 6.03 Å². The number of benzene rings is 1. The third-order valence-electron chi connectivity index (χ3n) is 3.02. The minimum Gasteiger partial charge on any atom is -0.371 e. The third kappa shape index (κ3) is 4.01. The van der Waals surface area contributed by atoms with Crippen molar-refractivity contribution in [1.29, 1.82) is 0 Å². The molecule has 7 heteroatoms. The molecule has 3 N–H and O–H groups in total. The van der Waals surface area contributed by atoms with Gasteiger partial charge in [-0.05, 0) is 17.7 Å². The summed E-state index contributed by atoms with van der Waals surface area (Å²) in [4.78, 5) is 23.9. The van der Waals surface area contributed by atoms with Crippen molar-refractivity contribution < 1.29 is 18.7 Å². The molecule has 1 atom stereocenters. The highest BCUT2D eigenvalue weighted by atomic mass is 19.1. The van der Waals surface area contributed by atoms with Crippen LogP contribution in [0.5, 0.6) is 0 Å². The van der Waals surface area contributed by atoms with E-state index in [2.05, 4.69) is 0 Å². The maximum absolute atomic E-state index is 12.9. The number of primary amides is 1. The molecule has 6 nitrogen and oxygen atoms in total. The Hall–Kier alpha value is -1.99. The summed E-state index contributed by atoms with van der Waals surface area (Å²) in [5, 5.41) is 2.02. The van der Waals surface area contributed by atoms with Gasteiger partial charge in [0.1, 0.15) is 5.82 Å². The molecule has 0 saturated carbocycles. The van der Waals surface area contributed by atoms with Crippen LogP contribution in [0, 0.1) is 5.82 Å². The first-order valence-corrected chi connectivity index (χ1v) is 6.23. The minimum atomic E-state index is -0.863. The smallest absolute Gasteiger partial charge is 0.318 e. The molecule has 0 aliphatic carbocycles. The summed E-state index contributed by atoms with van der Waals surface area (Å²) in [6, 6.07) is 5.20. The highest BCUT2D eigenvalue weighted by molar-refractivity contribution is 5.94. The van der Waals surface area contributed by atoms with Gasteiger partial charge in [0.05, 0.1) is 19.3 Å². The van der Waals surface area contributed by atoms with E-state index in [4.69, 9.17) is 10.5 Å². The van der Waals surface area contributed by atoms with Gasteiger partial charge in [-0.15, -0.1) is 0 Å². The number of urea groups is 1. The van der Waals surface area contributed by atoms with Gasteiger partial charge in [-0.2, -0.15) is 0 Å². The Morgan fingerprint density at radius 3 is 2.75 bits per heavy atom. The normalized spacial score (nSPS) is 19.6. The lowest BCUT2D eigenvalue weighted by atomic mass is 10.1. The van der Waals surface area contributed by atoms with Crippen molar-refractivity contribution in [1.82, 2.24) is 10.2 Å². The maximum atomic E-state index is 12.9. The molecule has 3 amide bonds. The van der Waals surface area contributed by atoms with Crippen LogP contribution >= 0.6 is 0 Å². The second kappa shape index (κ2) is 6.44. The summed E-state index contributed by atoms with van der Waals surface area (Å²) >= 11 is 0. The first-order valence-electron chi connectivity index (χ1n) is 6.23. The Bertz CT molecular complexity index is 492. The van der Waals surface area contributed by atoms with Gasteiger partial charge in [-0.1, -0.05) is 12.1 Å². The summed E-state index contributed by atoms with van der Waals surface area (Å²) in [5.74, 6) is -0.750. The van der Waals surface area contributed by atoms with Crippen LogP contribution in [0.2, 0.25) is 0 Å². The monoisotopic (exact) mass is 281 g/mol. The highest BCUT2D eigenvalue weighted by Gasteiger charge is 2.23. The average molecular weight is 281 g/mol. The summed E-state index contributed by atoms with van der Waals surface area (Å²) in [7, 11) is 0. The van der Waals surface area contributed by atoms with Gasteiger partial charge in [0.15, 0.2) is 0 Å². The van der Waals surface area contributed by atoms with Crippen LogP contribution < -0.4 is 11.1 Å². The summed E-state index contributed by atoms with van der Waals surface area (Å²) < 4.78 is 18.5. The number of amides is 3. The number of hydrogen-bond acceptors (Lipinski definition) is 4. The molecular formula is C13H16FN3O3. The molecule has 1 fully saturated rings. The standard InChI is InChI=1S/C13H16FN3O3/c14-10-3-1-9(2-4-10)11-7-17(5-6-20-11)8-12(18)16-13(15)19/h1-4,11H,5-8H2,(H3,15,16,18,19)/t11-/m1/s1. The Labute approximate surface area is 115 Å². The Morgan fingerprint density at radius 1 is 1.40 bits per heavy atom. The first-order chi connectivity index (χ1) is 9.54. The molecular weight excluding hydrogens is 265 g/mol. The van der Waals surface area contributed by atoms with Crippen LogP contribution in [0.1, 0.15) is 11.7 Å². The van der Waals surface area contributed by atoms with E-state index < -0.39 is 11.9 Å². The molecule has 1 aromatic carbocycles. The summed E-state index contributed by atoms with van der Waals surface area (Å²) in [5.41, 5.74) is 5.73. The number of rotatable bonds is 3. The molecule has 1 aliphatic rings. The molecule has 0 aromatic heterocycles. The number of nitrogens with two attached hydrogens (primary N) is 1. The molecule has 0 spiro atoms. The molecule has 108 valence electrons. The van der Waals surface area contributed by atoms with Crippen LogP contribution in [-0.4, -0.2) is 43.1 Å². The number of imide groups is 1. The summed E-state index contributed by atoms with van der Waals surface area (Å²) in [6.07, 6.45) is -0.217. The van der Waals surface area contributed by atoms with Crippen molar-refractivity contribution in [3.63, 3.8) is 0 Å². The van der Waals surface area contributed by atoms with E-state index in [1.54, 1.807) is 12.1 Å². The van der Waals surface area contributed by atoms with E-state index in [9.17, 15) is 14.0 Å². The van der Waals surface area contributed by atoms with E-state index in [1.165, 1.54) is 12.1 Å². The zero-order valence-electron chi connectivity index (χ0n) is 10.8. The van der Waals surface area contributed by atoms with E-state index in [-0.39, 0.29) is 18.5 Å². The lowest BCUT2D eigenvalue weighted by Gasteiger charge is -2.32. The second-order valence-electron chi connectivity index (χ2n) is 4.56. The fourth-order valence-electron chi connectivity index (χ4n) is 2.11. The van der Waals surface area contributed by atoms with Gasteiger partial charge in [0.2, 0.25) is 5.91 Å². The van der Waals surface area contributed by atoms with Crippen molar-refractivity contribution in [2.24, 2.45) is 5.73 Å². The molecule has 1 heterocycles. The van der Waals surface area contributed by atoms with E-state index in [1.807, 2.05) is 10.2 Å². The number of carbonyl (C=O) groups excluding carboxylic acids is 2. The van der Waals surface area contributed by atoms with Gasteiger partial charge in [0.25, 0.3) is 0 Å². The second-order valence-corrected chi connectivity index (χ2v) is 4.56. The van der Waals surface area contributed by atoms with Crippen LogP contribution in [0.3, 0.4) is 0 Å². The predicted octanol–water partition coefficient (Wildman–Crippen LogP) is 0.394. The number of nitrogens with one attached hydrogen (secondary N) is 1. The van der Waals surface area contributed by atoms with Crippen LogP contribution in [0.15, 0.2) is 24.3 Å². The largest absolute Gasteiger partial charge is 0.371 e. The number of morpholine rings is 1. The molecule has 20 heavy (non-hydrogen) atoms. The zero-order chi connectivity index (χ0) is 14.5. The highest BCUT2D eigenvalue weighted by Crippen LogP contribution is 2.22. The lowest BCUT2D eigenvalue weighted by Crippen LogP contribution is -2.46. The van der Waals surface area contributed by atoms with E-state index in [0.717, 1.165) is 5.56 Å². The topological polar surface area (TPSA) is 84.7 Å². The number of hydrogen-bond donors (Lipinski definition) is 2. The Morgan fingerprint density at radius 2 is 2.10 bits per heavy atom. The Balaban J connectivity index is 1.93. The van der Waals surface area contributed by atoms with Gasteiger partial charge < -0.3 is 10.5 Å². The van der Waals surface area contributed by atoms with Crippen molar-refractivity contribution in [2.75, 3.05) is 26.2 Å². The number of halogens is 1. The summed E-state index contributed by atoms with van der Waals surface area (Å²) in [6.45, 7) is 1.62. The van der Waals surface area contributed by atoms with Gasteiger partial charge in [0, 0.05) is 13.1 Å². The van der Waals surface area contributed by atoms with Gasteiger partial charge in [-0.25, -0.2) is 9.18 Å². The lowest BCUT2D eigenvalue weighted by molar-refractivity contribution is -0.123. The molecule has 0 radical (unpaired) electrons. The zero-order valence-corrected chi connectivity index (χ0v) is 10.8. The fraction of sp³-hybridized carbons (Fsp3) is 0.385. The molecule has 1 aliphatic heterocycles. The minimum absolute atomic E-state index is 0.0734. The SMILES string of the molecule is NC(=O)NC(=O)CN1CCO[C@@H](c2ccc(F)cc2)C1. The van der Waals surface area contributed by atoms with Crippen LogP contribution in [0.4, 0.5) is 9.18 Å². The van der Waals surface area contributed by atoms with Crippen molar-refractivity contribution in [2.45, 2.75) is 6.10 Å². The molecule has 1 aromatic rings. The number of carbonyl (C=O) groups is 2. The molecule has 1 saturated heterocycles. The maximum Gasteiger partial charge on any atom is 0.318 e. The fourth-order valence-corrected chi connectivity index (χ4v) is 2.11. The Kier molecular flexibility index (Phi) is 4.65. The number of ether oxygens (including phenoxy) is 1. The average Bonchev–Trinajstić information content (AvgIpc) is 2.38. The van der Waals surface area contributed by atoms with Gasteiger partial charge in [-0.3, -0.25) is 15.0 Å².